The second-order valence-corrected chi connectivity index (χ2v) is 4.13. The number of nitrogens with zero attached hydrogens (tertiary/aromatic N) is 3. The highest BCUT2D eigenvalue weighted by atomic mass is 16.5. The molecule has 19 heavy (non-hydrogen) atoms. The van der Waals surface area contributed by atoms with Gasteiger partial charge in [-0.2, -0.15) is 0 Å². The molecule has 1 atom stereocenters. The summed E-state index contributed by atoms with van der Waals surface area (Å²) in [6, 6.07) is -0.134. The maximum absolute atomic E-state index is 11.7. The molecule has 0 amide bonds. The number of nitrogens with one attached hydrogen (secondary N) is 1. The number of hydrogen-bond donors (Lipinski definition) is 2. The zero-order chi connectivity index (χ0) is 14.0. The Hall–Kier alpha value is -2.31. The summed E-state index contributed by atoms with van der Waals surface area (Å²) in [6.45, 7) is 5.75. The van der Waals surface area contributed by atoms with Crippen LogP contribution in [0, 0.1) is 6.92 Å². The first-order valence-electron chi connectivity index (χ1n) is 6.07. The van der Waals surface area contributed by atoms with E-state index in [2.05, 4.69) is 15.0 Å². The van der Waals surface area contributed by atoms with E-state index in [9.17, 15) is 4.79 Å². The second-order valence-electron chi connectivity index (χ2n) is 4.13. The van der Waals surface area contributed by atoms with E-state index in [1.165, 1.54) is 0 Å². The van der Waals surface area contributed by atoms with Gasteiger partial charge in [-0.3, -0.25) is 0 Å². The summed E-state index contributed by atoms with van der Waals surface area (Å²) in [4.78, 5) is 23.1. The maximum atomic E-state index is 11.7. The minimum absolute atomic E-state index is 0.134. The molecule has 2 aromatic heterocycles. The lowest BCUT2D eigenvalue weighted by atomic mass is 10.3. The number of hydrogen-bond acceptors (Lipinski definition) is 5. The van der Waals surface area contributed by atoms with Crippen LogP contribution in [0.15, 0.2) is 12.4 Å². The van der Waals surface area contributed by atoms with E-state index in [1.54, 1.807) is 30.8 Å². The van der Waals surface area contributed by atoms with Crippen LogP contribution in [0.25, 0.3) is 0 Å². The molecule has 0 aliphatic rings. The Morgan fingerprint density at radius 1 is 1.63 bits per heavy atom. The van der Waals surface area contributed by atoms with Gasteiger partial charge in [0.05, 0.1) is 12.6 Å². The van der Waals surface area contributed by atoms with E-state index >= 15 is 0 Å². The average molecular weight is 263 g/mol. The molecule has 2 aromatic rings. The van der Waals surface area contributed by atoms with Crippen molar-refractivity contribution in [3.63, 3.8) is 0 Å². The van der Waals surface area contributed by atoms with Gasteiger partial charge in [0.1, 0.15) is 17.5 Å². The minimum Gasteiger partial charge on any atom is -0.461 e. The zero-order valence-electron chi connectivity index (χ0n) is 11.2. The molecule has 7 heteroatoms. The van der Waals surface area contributed by atoms with Crippen LogP contribution in [-0.4, -0.2) is 32.1 Å². The highest BCUT2D eigenvalue weighted by molar-refractivity contribution is 5.92. The average Bonchev–Trinajstić information content (AvgIpc) is 2.97. The number of nitrogens with two attached hydrogens (primary N) is 1. The molecule has 7 nitrogen and oxygen atoms in total. The predicted octanol–water partition coefficient (Wildman–Crippen LogP) is 1.28. The first-order chi connectivity index (χ1) is 9.06. The monoisotopic (exact) mass is 263 g/mol. The molecule has 0 spiro atoms. The van der Waals surface area contributed by atoms with Crippen LogP contribution in [0.4, 0.5) is 5.82 Å². The standard InChI is InChI=1S/C12H17N5O2/c1-4-19-12(18)9-10(13)17(8(3)16-9)7(2)11-14-5-6-15-11/h5-7H,4,13H2,1-3H3,(H,14,15). The van der Waals surface area contributed by atoms with Gasteiger partial charge < -0.3 is 20.0 Å². The van der Waals surface area contributed by atoms with Gasteiger partial charge in [0, 0.05) is 12.4 Å². The Balaban J connectivity index is 2.39. The van der Waals surface area contributed by atoms with E-state index in [1.807, 2.05) is 6.92 Å². The summed E-state index contributed by atoms with van der Waals surface area (Å²) in [6.07, 6.45) is 3.40. The molecule has 0 aliphatic heterocycles. The number of rotatable bonds is 4. The molecule has 0 fully saturated rings. The van der Waals surface area contributed by atoms with Crippen molar-refractivity contribution in [1.82, 2.24) is 19.5 Å². The molecule has 1 unspecified atom stereocenters. The molecule has 102 valence electrons. The molecule has 0 radical (unpaired) electrons. The lowest BCUT2D eigenvalue weighted by molar-refractivity contribution is 0.0521. The fourth-order valence-electron chi connectivity index (χ4n) is 2.03. The van der Waals surface area contributed by atoms with Crippen LogP contribution in [0.1, 0.15) is 42.0 Å². The first-order valence-corrected chi connectivity index (χ1v) is 6.07. The number of nitrogen functional groups attached to an aromatic ring is 1. The predicted molar refractivity (Wildman–Crippen MR) is 69.7 cm³/mol. The molecule has 0 aliphatic carbocycles. The van der Waals surface area contributed by atoms with E-state index in [0.29, 0.717) is 11.6 Å². The van der Waals surface area contributed by atoms with Crippen LogP contribution < -0.4 is 5.73 Å². The summed E-state index contributed by atoms with van der Waals surface area (Å²) < 4.78 is 6.68. The van der Waals surface area contributed by atoms with Crippen molar-refractivity contribution < 1.29 is 9.53 Å². The molecule has 0 aromatic carbocycles. The summed E-state index contributed by atoms with van der Waals surface area (Å²) in [7, 11) is 0. The van der Waals surface area contributed by atoms with Gasteiger partial charge in [-0.1, -0.05) is 0 Å². The SMILES string of the molecule is CCOC(=O)c1nc(C)n(C(C)c2ncc[nH]2)c1N. The molecular formula is C12H17N5O2. The number of carbonyl (C=O) groups excluding carboxylic acids is 1. The van der Waals surface area contributed by atoms with E-state index in [-0.39, 0.29) is 18.3 Å². The quantitative estimate of drug-likeness (QED) is 0.810. The van der Waals surface area contributed by atoms with Gasteiger partial charge in [0.2, 0.25) is 0 Å². The van der Waals surface area contributed by atoms with Crippen molar-refractivity contribution >= 4 is 11.8 Å². The third-order valence-electron chi connectivity index (χ3n) is 2.90. The number of anilines is 1. The number of aromatic nitrogens is 4. The molecule has 2 rings (SSSR count). The van der Waals surface area contributed by atoms with Gasteiger partial charge in [-0.15, -0.1) is 0 Å². The lowest BCUT2D eigenvalue weighted by Crippen LogP contribution is -2.14. The van der Waals surface area contributed by atoms with E-state index in [0.717, 1.165) is 5.82 Å². The highest BCUT2D eigenvalue weighted by Crippen LogP contribution is 2.23. The fourth-order valence-corrected chi connectivity index (χ4v) is 2.03. The number of ether oxygens (including phenoxy) is 1. The first kappa shape index (κ1) is 13.1. The summed E-state index contributed by atoms with van der Waals surface area (Å²) in [5.41, 5.74) is 6.15. The normalized spacial score (nSPS) is 12.4. The molecule has 0 saturated carbocycles. The Labute approximate surface area is 110 Å². The van der Waals surface area contributed by atoms with Crippen molar-refractivity contribution in [3.8, 4) is 0 Å². The molecule has 3 N–H and O–H groups in total. The summed E-state index contributed by atoms with van der Waals surface area (Å²) in [5, 5.41) is 0. The Morgan fingerprint density at radius 2 is 2.37 bits per heavy atom. The van der Waals surface area contributed by atoms with Crippen molar-refractivity contribution in [1.29, 1.82) is 0 Å². The number of imidazole rings is 2. The third-order valence-corrected chi connectivity index (χ3v) is 2.90. The second kappa shape index (κ2) is 5.13. The zero-order valence-corrected chi connectivity index (χ0v) is 11.2. The van der Waals surface area contributed by atoms with Crippen molar-refractivity contribution in [2.24, 2.45) is 0 Å². The van der Waals surface area contributed by atoms with Gasteiger partial charge >= 0.3 is 5.97 Å². The third kappa shape index (κ3) is 2.31. The Bertz CT molecular complexity index is 573. The lowest BCUT2D eigenvalue weighted by Gasteiger charge is -2.14. The van der Waals surface area contributed by atoms with E-state index in [4.69, 9.17) is 10.5 Å². The number of H-pyrrole nitrogens is 1. The van der Waals surface area contributed by atoms with Crippen molar-refractivity contribution in [2.45, 2.75) is 26.8 Å². The van der Waals surface area contributed by atoms with Crippen molar-refractivity contribution in [2.75, 3.05) is 12.3 Å². The van der Waals surface area contributed by atoms with Crippen LogP contribution in [0.3, 0.4) is 0 Å². The van der Waals surface area contributed by atoms with Gasteiger partial charge in [0.15, 0.2) is 5.69 Å². The Morgan fingerprint density at radius 3 is 2.95 bits per heavy atom. The summed E-state index contributed by atoms with van der Waals surface area (Å²) in [5.74, 6) is 1.18. The largest absolute Gasteiger partial charge is 0.461 e. The van der Waals surface area contributed by atoms with E-state index < -0.39 is 5.97 Å². The van der Waals surface area contributed by atoms with Crippen LogP contribution >= 0.6 is 0 Å². The Kier molecular flexibility index (Phi) is 3.55. The van der Waals surface area contributed by atoms with Crippen LogP contribution in [0.5, 0.6) is 0 Å². The number of esters is 1. The van der Waals surface area contributed by atoms with Crippen molar-refractivity contribution in [3.05, 3.63) is 29.7 Å². The maximum Gasteiger partial charge on any atom is 0.360 e. The highest BCUT2D eigenvalue weighted by Gasteiger charge is 2.23. The molecule has 0 bridgehead atoms. The van der Waals surface area contributed by atoms with Crippen LogP contribution in [-0.2, 0) is 4.74 Å². The minimum atomic E-state index is -0.506. The van der Waals surface area contributed by atoms with Gasteiger partial charge in [-0.25, -0.2) is 14.8 Å². The molecular weight excluding hydrogens is 246 g/mol. The fraction of sp³-hybridized carbons (Fsp3) is 0.417. The smallest absolute Gasteiger partial charge is 0.360 e. The molecule has 2 heterocycles. The number of carbonyl (C=O) groups is 1. The number of aryl methyl sites for hydroxylation is 1. The van der Waals surface area contributed by atoms with Crippen LogP contribution in [0.2, 0.25) is 0 Å². The topological polar surface area (TPSA) is 98.8 Å². The molecule has 0 saturated heterocycles. The van der Waals surface area contributed by atoms with Gasteiger partial charge in [0.25, 0.3) is 0 Å². The number of aromatic amines is 1. The van der Waals surface area contributed by atoms with Gasteiger partial charge in [-0.05, 0) is 20.8 Å². The summed E-state index contributed by atoms with van der Waals surface area (Å²) >= 11 is 0.